The highest BCUT2D eigenvalue weighted by Gasteiger charge is 2.09. The summed E-state index contributed by atoms with van der Waals surface area (Å²) >= 11 is 0. The highest BCUT2D eigenvalue weighted by molar-refractivity contribution is 5.91. The summed E-state index contributed by atoms with van der Waals surface area (Å²) in [7, 11) is 0. The lowest BCUT2D eigenvalue weighted by Gasteiger charge is -2.09. The van der Waals surface area contributed by atoms with Crippen molar-refractivity contribution in [2.24, 2.45) is 0 Å². The maximum absolute atomic E-state index is 12.0. The van der Waals surface area contributed by atoms with Crippen molar-refractivity contribution in [3.05, 3.63) is 68.1 Å². The van der Waals surface area contributed by atoms with E-state index in [1.54, 1.807) is 10.7 Å². The van der Waals surface area contributed by atoms with Crippen LogP contribution in [0, 0.1) is 13.8 Å². The maximum Gasteiger partial charge on any atom is 0.271 e. The lowest BCUT2D eigenvalue weighted by atomic mass is 10.3. The first-order valence-corrected chi connectivity index (χ1v) is 7.90. The zero-order valence-electron chi connectivity index (χ0n) is 14.3. The molecule has 0 saturated heterocycles. The summed E-state index contributed by atoms with van der Waals surface area (Å²) < 4.78 is 2.90. The predicted molar refractivity (Wildman–Crippen MR) is 92.3 cm³/mol. The van der Waals surface area contributed by atoms with Crippen LogP contribution in [0.2, 0.25) is 0 Å². The van der Waals surface area contributed by atoms with Crippen LogP contribution in [-0.4, -0.2) is 42.2 Å². The van der Waals surface area contributed by atoms with E-state index >= 15 is 0 Å². The minimum absolute atomic E-state index is 0.0845. The summed E-state index contributed by atoms with van der Waals surface area (Å²) in [5.74, 6) is 0.0628. The third-order valence-corrected chi connectivity index (χ3v) is 3.60. The van der Waals surface area contributed by atoms with Gasteiger partial charge in [0, 0.05) is 24.4 Å². The normalized spacial score (nSPS) is 10.7. The van der Waals surface area contributed by atoms with Gasteiger partial charge >= 0.3 is 0 Å². The lowest BCUT2D eigenvalue weighted by molar-refractivity contribution is 0.0945. The van der Waals surface area contributed by atoms with Gasteiger partial charge in [0.15, 0.2) is 5.82 Å². The van der Waals surface area contributed by atoms with Gasteiger partial charge in [0.05, 0.1) is 12.2 Å². The molecule has 3 aromatic rings. The van der Waals surface area contributed by atoms with Gasteiger partial charge in [-0.3, -0.25) is 14.4 Å². The fourth-order valence-corrected chi connectivity index (χ4v) is 2.41. The van der Waals surface area contributed by atoms with E-state index in [1.165, 1.54) is 22.9 Å². The summed E-state index contributed by atoms with van der Waals surface area (Å²) in [5.41, 5.74) is 1.16. The first kappa shape index (κ1) is 17.3. The average Bonchev–Trinajstić information content (AvgIpc) is 2.95. The number of aromatic nitrogens is 6. The van der Waals surface area contributed by atoms with Crippen LogP contribution >= 0.6 is 0 Å². The Morgan fingerprint density at radius 1 is 1.15 bits per heavy atom. The molecule has 3 rings (SSSR count). The summed E-state index contributed by atoms with van der Waals surface area (Å²) in [5, 5.41) is 17.1. The number of nitrogens with zero attached hydrogens (tertiary/aromatic N) is 5. The molecule has 0 radical (unpaired) electrons. The number of nitrogens with one attached hydrogen (secondary N) is 2. The molecule has 0 bridgehead atoms. The van der Waals surface area contributed by atoms with E-state index < -0.39 is 11.5 Å². The van der Waals surface area contributed by atoms with Crippen molar-refractivity contribution in [2.75, 3.05) is 6.54 Å². The number of rotatable bonds is 5. The molecular weight excluding hydrogens is 338 g/mol. The number of hydrogen-bond donors (Lipinski definition) is 2. The molecule has 3 heterocycles. The predicted octanol–water partition coefficient (Wildman–Crippen LogP) is -0.441. The Morgan fingerprint density at radius 3 is 2.62 bits per heavy atom. The van der Waals surface area contributed by atoms with Gasteiger partial charge in [0.25, 0.3) is 17.0 Å². The molecule has 10 nitrogen and oxygen atoms in total. The van der Waals surface area contributed by atoms with Crippen molar-refractivity contribution in [1.82, 2.24) is 35.1 Å². The summed E-state index contributed by atoms with van der Waals surface area (Å²) in [6.07, 6.45) is 0. The van der Waals surface area contributed by atoms with E-state index in [0.29, 0.717) is 5.82 Å². The van der Waals surface area contributed by atoms with Gasteiger partial charge < -0.3 is 5.32 Å². The minimum atomic E-state index is -0.455. The lowest BCUT2D eigenvalue weighted by Crippen LogP contribution is -2.33. The molecule has 0 atom stereocenters. The first-order chi connectivity index (χ1) is 12.4. The van der Waals surface area contributed by atoms with Crippen molar-refractivity contribution in [3.63, 3.8) is 0 Å². The van der Waals surface area contributed by atoms with Gasteiger partial charge in [0.2, 0.25) is 0 Å². The molecule has 1 amide bonds. The standard InChI is InChI=1S/C16H17N7O3/c1-10-9-11(2)23(20-10)13-4-6-15(25)22(21-13)8-7-17-16(26)12-3-5-14(24)19-18-12/h3-6,9H,7-8H2,1-2H3,(H,17,26)(H,19,24). The molecule has 0 aromatic carbocycles. The third-order valence-electron chi connectivity index (χ3n) is 3.60. The van der Waals surface area contributed by atoms with E-state index in [1.807, 2.05) is 19.9 Å². The van der Waals surface area contributed by atoms with Crippen LogP contribution in [0.1, 0.15) is 21.9 Å². The molecule has 0 aliphatic heterocycles. The van der Waals surface area contributed by atoms with Crippen LogP contribution in [0.4, 0.5) is 0 Å². The molecule has 10 heteroatoms. The Hall–Kier alpha value is -3.56. The zero-order chi connectivity index (χ0) is 18.7. The molecule has 3 aromatic heterocycles. The fourth-order valence-electron chi connectivity index (χ4n) is 2.41. The largest absolute Gasteiger partial charge is 0.349 e. The smallest absolute Gasteiger partial charge is 0.271 e. The van der Waals surface area contributed by atoms with Crippen molar-refractivity contribution in [1.29, 1.82) is 0 Å². The Kier molecular flexibility index (Phi) is 4.74. The number of hydrogen-bond acceptors (Lipinski definition) is 6. The molecule has 0 aliphatic rings. The van der Waals surface area contributed by atoms with Crippen LogP contribution in [0.25, 0.3) is 5.82 Å². The molecule has 0 aliphatic carbocycles. The van der Waals surface area contributed by atoms with Crippen LogP contribution in [0.3, 0.4) is 0 Å². The van der Waals surface area contributed by atoms with Crippen LogP contribution in [-0.2, 0) is 6.54 Å². The number of aryl methyl sites for hydroxylation is 2. The first-order valence-electron chi connectivity index (χ1n) is 7.90. The van der Waals surface area contributed by atoms with Gasteiger partial charge in [-0.2, -0.15) is 10.2 Å². The maximum atomic E-state index is 12.0. The molecule has 0 unspecified atom stereocenters. The summed E-state index contributed by atoms with van der Waals surface area (Å²) in [4.78, 5) is 34.9. The van der Waals surface area contributed by atoms with E-state index in [0.717, 1.165) is 11.4 Å². The van der Waals surface area contributed by atoms with Crippen LogP contribution < -0.4 is 16.4 Å². The van der Waals surface area contributed by atoms with Crippen LogP contribution in [0.15, 0.2) is 39.9 Å². The number of H-pyrrole nitrogens is 1. The number of carbonyl (C=O) groups excluding carboxylic acids is 1. The number of carbonyl (C=O) groups is 1. The highest BCUT2D eigenvalue weighted by atomic mass is 16.2. The Morgan fingerprint density at radius 2 is 1.96 bits per heavy atom. The van der Waals surface area contributed by atoms with E-state index in [9.17, 15) is 14.4 Å². The van der Waals surface area contributed by atoms with Crippen molar-refractivity contribution < 1.29 is 4.79 Å². The number of amides is 1. The van der Waals surface area contributed by atoms with Crippen molar-refractivity contribution >= 4 is 5.91 Å². The Bertz CT molecular complexity index is 1040. The number of aromatic amines is 1. The molecule has 2 N–H and O–H groups in total. The van der Waals surface area contributed by atoms with E-state index in [-0.39, 0.29) is 24.3 Å². The van der Waals surface area contributed by atoms with Crippen LogP contribution in [0.5, 0.6) is 0 Å². The van der Waals surface area contributed by atoms with Crippen molar-refractivity contribution in [2.45, 2.75) is 20.4 Å². The monoisotopic (exact) mass is 355 g/mol. The fraction of sp³-hybridized carbons (Fsp3) is 0.250. The average molecular weight is 355 g/mol. The third kappa shape index (κ3) is 3.74. The summed E-state index contributed by atoms with van der Waals surface area (Å²) in [6.45, 7) is 4.13. The summed E-state index contributed by atoms with van der Waals surface area (Å²) in [6, 6.07) is 7.45. The molecule has 0 saturated carbocycles. The quantitative estimate of drug-likeness (QED) is 0.639. The highest BCUT2D eigenvalue weighted by Crippen LogP contribution is 2.07. The Labute approximate surface area is 147 Å². The minimum Gasteiger partial charge on any atom is -0.349 e. The van der Waals surface area contributed by atoms with Gasteiger partial charge in [-0.15, -0.1) is 5.10 Å². The van der Waals surface area contributed by atoms with Gasteiger partial charge in [-0.25, -0.2) is 14.5 Å². The second-order valence-electron chi connectivity index (χ2n) is 5.65. The molecule has 134 valence electrons. The topological polar surface area (TPSA) is 128 Å². The van der Waals surface area contributed by atoms with E-state index in [4.69, 9.17) is 0 Å². The molecule has 0 spiro atoms. The zero-order valence-corrected chi connectivity index (χ0v) is 14.3. The second kappa shape index (κ2) is 7.13. The van der Waals surface area contributed by atoms with Crippen molar-refractivity contribution in [3.8, 4) is 5.82 Å². The molecule has 0 fully saturated rings. The second-order valence-corrected chi connectivity index (χ2v) is 5.65. The molecule has 26 heavy (non-hydrogen) atoms. The SMILES string of the molecule is Cc1cc(C)n(-c2ccc(=O)n(CCNC(=O)c3ccc(=O)[nH]n3)n2)n1. The van der Waals surface area contributed by atoms with Gasteiger partial charge in [0.1, 0.15) is 5.69 Å². The van der Waals surface area contributed by atoms with Gasteiger partial charge in [-0.1, -0.05) is 0 Å². The van der Waals surface area contributed by atoms with Gasteiger partial charge in [-0.05, 0) is 32.0 Å². The Balaban J connectivity index is 1.70. The molecular formula is C16H17N7O3. The van der Waals surface area contributed by atoms with E-state index in [2.05, 4.69) is 25.7 Å².